The Hall–Kier alpha value is -1.23. The monoisotopic (exact) mass is 485 g/mol. The second-order valence-corrected chi connectivity index (χ2v) is 7.66. The van der Waals surface area contributed by atoms with E-state index in [-0.39, 0.29) is 36.3 Å². The molecular weight excluding hydrogens is 457 g/mol. The van der Waals surface area contributed by atoms with E-state index in [9.17, 15) is 8.42 Å². The van der Waals surface area contributed by atoms with Crippen molar-refractivity contribution in [2.45, 2.75) is 13.5 Å². The molecule has 0 heterocycles. The maximum Gasteiger partial charge on any atom is 0.193 e. The molecule has 9 heteroatoms. The second kappa shape index (κ2) is 11.4. The van der Waals surface area contributed by atoms with Crippen molar-refractivity contribution in [1.82, 2.24) is 10.2 Å². The molecule has 1 rings (SSSR count). The van der Waals surface area contributed by atoms with Gasteiger partial charge in [-0.2, -0.15) is 0 Å². The van der Waals surface area contributed by atoms with Crippen LogP contribution in [0.15, 0.2) is 23.2 Å². The number of aliphatic imine (C=N–C) groups is 1. The molecule has 0 aliphatic rings. The standard InChI is InChI=1S/C16H27N3O4S.HI/c1-6-17-16(18-9-10-24(5,20)21)19(2)12-13-7-8-14(22-3)11-15(13)23-4;/h7-8,11H,6,9-10,12H2,1-5H3,(H,17,18);1H. The first-order chi connectivity index (χ1) is 11.3. The first-order valence-electron chi connectivity index (χ1n) is 7.68. The van der Waals surface area contributed by atoms with Crippen LogP contribution in [0, 0.1) is 0 Å². The van der Waals surface area contributed by atoms with Crippen molar-refractivity contribution in [3.05, 3.63) is 23.8 Å². The summed E-state index contributed by atoms with van der Waals surface area (Å²) >= 11 is 0. The summed E-state index contributed by atoms with van der Waals surface area (Å²) in [5.74, 6) is 2.14. The predicted molar refractivity (Wildman–Crippen MR) is 112 cm³/mol. The van der Waals surface area contributed by atoms with Crippen molar-refractivity contribution in [3.8, 4) is 11.5 Å². The number of nitrogens with zero attached hydrogens (tertiary/aromatic N) is 2. The van der Waals surface area contributed by atoms with E-state index >= 15 is 0 Å². The van der Waals surface area contributed by atoms with Crippen LogP contribution in [0.2, 0.25) is 0 Å². The van der Waals surface area contributed by atoms with Crippen LogP contribution < -0.4 is 14.8 Å². The molecule has 7 nitrogen and oxygen atoms in total. The lowest BCUT2D eigenvalue weighted by atomic mass is 10.2. The summed E-state index contributed by atoms with van der Waals surface area (Å²) in [6.07, 6.45) is 1.21. The topological polar surface area (TPSA) is 80.2 Å². The molecule has 1 aromatic rings. The predicted octanol–water partition coefficient (Wildman–Crippen LogP) is 1.76. The summed E-state index contributed by atoms with van der Waals surface area (Å²) in [6, 6.07) is 5.64. The van der Waals surface area contributed by atoms with E-state index in [1.165, 1.54) is 6.26 Å². The van der Waals surface area contributed by atoms with E-state index in [2.05, 4.69) is 10.3 Å². The van der Waals surface area contributed by atoms with Crippen molar-refractivity contribution in [3.63, 3.8) is 0 Å². The van der Waals surface area contributed by atoms with E-state index in [0.717, 1.165) is 17.1 Å². The van der Waals surface area contributed by atoms with Crippen molar-refractivity contribution < 1.29 is 17.9 Å². The fourth-order valence-electron chi connectivity index (χ4n) is 2.10. The van der Waals surface area contributed by atoms with Crippen molar-refractivity contribution in [2.24, 2.45) is 4.99 Å². The Balaban J connectivity index is 0.00000576. The zero-order valence-corrected chi connectivity index (χ0v) is 18.6. The summed E-state index contributed by atoms with van der Waals surface area (Å²) in [4.78, 5) is 6.30. The largest absolute Gasteiger partial charge is 0.497 e. The van der Waals surface area contributed by atoms with Gasteiger partial charge in [-0.05, 0) is 19.1 Å². The number of benzene rings is 1. The van der Waals surface area contributed by atoms with Gasteiger partial charge in [-0.15, -0.1) is 24.0 Å². The Morgan fingerprint density at radius 2 is 1.96 bits per heavy atom. The van der Waals surface area contributed by atoms with Crippen LogP contribution >= 0.6 is 24.0 Å². The van der Waals surface area contributed by atoms with E-state index in [1.807, 2.05) is 37.1 Å². The van der Waals surface area contributed by atoms with E-state index < -0.39 is 9.84 Å². The lowest BCUT2D eigenvalue weighted by molar-refractivity contribution is 0.382. The molecule has 0 saturated heterocycles. The number of ether oxygens (including phenoxy) is 2. The number of hydrogen-bond donors (Lipinski definition) is 1. The minimum absolute atomic E-state index is 0. The van der Waals surface area contributed by atoms with Crippen LogP contribution in [0.25, 0.3) is 0 Å². The minimum atomic E-state index is -3.02. The lowest BCUT2D eigenvalue weighted by Crippen LogP contribution is -2.38. The van der Waals surface area contributed by atoms with Gasteiger partial charge in [0.2, 0.25) is 0 Å². The molecule has 0 amide bonds. The van der Waals surface area contributed by atoms with Gasteiger partial charge in [0.1, 0.15) is 21.3 Å². The number of halogens is 1. The SMILES string of the molecule is CCNC(=NCCS(C)(=O)=O)N(C)Cc1ccc(OC)cc1OC.I. The number of hydrogen-bond acceptors (Lipinski definition) is 5. The summed E-state index contributed by atoms with van der Waals surface area (Å²) in [6.45, 7) is 3.46. The molecule has 0 aromatic heterocycles. The highest BCUT2D eigenvalue weighted by atomic mass is 127. The van der Waals surface area contributed by atoms with Gasteiger partial charge in [0.25, 0.3) is 0 Å². The van der Waals surface area contributed by atoms with Gasteiger partial charge < -0.3 is 19.7 Å². The highest BCUT2D eigenvalue weighted by Crippen LogP contribution is 2.25. The van der Waals surface area contributed by atoms with Crippen LogP contribution in [0.4, 0.5) is 0 Å². The van der Waals surface area contributed by atoms with Crippen LogP contribution in [-0.2, 0) is 16.4 Å². The molecule has 0 radical (unpaired) electrons. The van der Waals surface area contributed by atoms with Gasteiger partial charge in [-0.25, -0.2) is 8.42 Å². The minimum Gasteiger partial charge on any atom is -0.497 e. The van der Waals surface area contributed by atoms with E-state index in [0.29, 0.717) is 19.0 Å². The fraction of sp³-hybridized carbons (Fsp3) is 0.562. The average molecular weight is 485 g/mol. The number of guanidine groups is 1. The van der Waals surface area contributed by atoms with Crippen LogP contribution in [0.1, 0.15) is 12.5 Å². The van der Waals surface area contributed by atoms with Gasteiger partial charge in [-0.3, -0.25) is 4.99 Å². The smallest absolute Gasteiger partial charge is 0.193 e. The third kappa shape index (κ3) is 8.61. The number of nitrogens with one attached hydrogen (secondary N) is 1. The Morgan fingerprint density at radius 1 is 1.28 bits per heavy atom. The number of rotatable bonds is 8. The summed E-state index contributed by atoms with van der Waals surface area (Å²) in [5, 5.41) is 3.16. The third-order valence-corrected chi connectivity index (χ3v) is 4.25. The molecule has 0 atom stereocenters. The highest BCUT2D eigenvalue weighted by Gasteiger charge is 2.11. The normalized spacial score (nSPS) is 11.5. The Kier molecular flexibility index (Phi) is 10.8. The molecule has 25 heavy (non-hydrogen) atoms. The highest BCUT2D eigenvalue weighted by molar-refractivity contribution is 14.0. The Bertz CT molecular complexity index is 665. The van der Waals surface area contributed by atoms with Gasteiger partial charge in [0.05, 0.1) is 26.5 Å². The summed E-state index contributed by atoms with van der Waals surface area (Å²) in [7, 11) is 2.09. The molecule has 0 aliphatic carbocycles. The molecule has 0 spiro atoms. The summed E-state index contributed by atoms with van der Waals surface area (Å²) in [5.41, 5.74) is 0.981. The fourth-order valence-corrected chi connectivity index (χ4v) is 2.52. The third-order valence-electron chi connectivity index (χ3n) is 3.32. The van der Waals surface area contributed by atoms with Gasteiger partial charge in [0, 0.05) is 38.0 Å². The molecule has 1 aromatic carbocycles. The zero-order valence-electron chi connectivity index (χ0n) is 15.4. The first kappa shape index (κ1) is 23.8. The van der Waals surface area contributed by atoms with Crippen LogP contribution in [0.3, 0.4) is 0 Å². The maximum atomic E-state index is 11.2. The van der Waals surface area contributed by atoms with Crippen LogP contribution in [-0.4, -0.2) is 65.6 Å². The molecule has 0 unspecified atom stereocenters. The van der Waals surface area contributed by atoms with Crippen molar-refractivity contribution in [2.75, 3.05) is 46.4 Å². The molecule has 1 N–H and O–H groups in total. The second-order valence-electron chi connectivity index (χ2n) is 5.40. The number of sulfone groups is 1. The van der Waals surface area contributed by atoms with Gasteiger partial charge in [0.15, 0.2) is 5.96 Å². The maximum absolute atomic E-state index is 11.2. The molecular formula is C16H28IN3O4S. The van der Waals surface area contributed by atoms with Gasteiger partial charge in [-0.1, -0.05) is 0 Å². The summed E-state index contributed by atoms with van der Waals surface area (Å²) < 4.78 is 33.1. The van der Waals surface area contributed by atoms with Gasteiger partial charge >= 0.3 is 0 Å². The first-order valence-corrected chi connectivity index (χ1v) is 9.74. The Morgan fingerprint density at radius 3 is 2.48 bits per heavy atom. The van der Waals surface area contributed by atoms with Crippen molar-refractivity contribution in [1.29, 1.82) is 0 Å². The molecule has 0 aliphatic heterocycles. The molecule has 0 bridgehead atoms. The average Bonchev–Trinajstić information content (AvgIpc) is 2.53. The molecule has 0 fully saturated rings. The van der Waals surface area contributed by atoms with Crippen LogP contribution in [0.5, 0.6) is 11.5 Å². The van der Waals surface area contributed by atoms with Crippen molar-refractivity contribution >= 4 is 39.8 Å². The lowest BCUT2D eigenvalue weighted by Gasteiger charge is -2.23. The quantitative estimate of drug-likeness (QED) is 0.344. The zero-order chi connectivity index (χ0) is 18.2. The number of methoxy groups -OCH3 is 2. The van der Waals surface area contributed by atoms with E-state index in [1.54, 1.807) is 14.2 Å². The molecule has 144 valence electrons. The van der Waals surface area contributed by atoms with E-state index in [4.69, 9.17) is 9.47 Å². The Labute approximate surface area is 167 Å². The molecule has 0 saturated carbocycles.